The molecule has 0 unspecified atom stereocenters. The Bertz CT molecular complexity index is 730. The maximum atomic E-state index is 5.87. The zero-order valence-electron chi connectivity index (χ0n) is 16.5. The summed E-state index contributed by atoms with van der Waals surface area (Å²) in [5.41, 5.74) is 2.22. The molecule has 2 aromatic rings. The van der Waals surface area contributed by atoms with Crippen LogP contribution in [0, 0.1) is 13.8 Å². The molecule has 0 saturated heterocycles. The first-order chi connectivity index (χ1) is 13.1. The van der Waals surface area contributed by atoms with E-state index < -0.39 is 0 Å². The number of hydrogen-bond donors (Lipinski definition) is 2. The molecule has 1 aromatic carbocycles. The summed E-state index contributed by atoms with van der Waals surface area (Å²) in [7, 11) is 1.74. The van der Waals surface area contributed by atoms with Crippen LogP contribution in [-0.2, 0) is 17.7 Å². The molecule has 0 aliphatic heterocycles. The molecule has 8 heteroatoms. The molecule has 8 nitrogen and oxygen atoms in total. The van der Waals surface area contributed by atoms with Crippen molar-refractivity contribution in [1.82, 2.24) is 20.8 Å². The summed E-state index contributed by atoms with van der Waals surface area (Å²) in [5.74, 6) is 2.81. The molecule has 0 aliphatic carbocycles. The van der Waals surface area contributed by atoms with Crippen LogP contribution in [0.5, 0.6) is 5.75 Å². The first-order valence-corrected chi connectivity index (χ1v) is 9.16. The fourth-order valence-electron chi connectivity index (χ4n) is 2.43. The quantitative estimate of drug-likeness (QED) is 0.373. The maximum Gasteiger partial charge on any atom is 0.228 e. The Kier molecular flexibility index (Phi) is 8.57. The molecule has 0 atom stereocenters. The predicted octanol–water partition coefficient (Wildman–Crippen LogP) is 2.01. The number of benzene rings is 1. The van der Waals surface area contributed by atoms with Gasteiger partial charge in [0.05, 0.1) is 6.61 Å². The zero-order valence-corrected chi connectivity index (χ0v) is 16.5. The van der Waals surface area contributed by atoms with Crippen molar-refractivity contribution in [2.75, 3.05) is 33.4 Å². The third-order valence-corrected chi connectivity index (χ3v) is 3.78. The molecule has 0 radical (unpaired) electrons. The lowest BCUT2D eigenvalue weighted by Crippen LogP contribution is -2.38. The van der Waals surface area contributed by atoms with E-state index in [1.54, 1.807) is 14.0 Å². The number of aliphatic imine (C=N–C) groups is 1. The molecule has 1 heterocycles. The van der Waals surface area contributed by atoms with Crippen LogP contribution in [0.4, 0.5) is 0 Å². The summed E-state index contributed by atoms with van der Waals surface area (Å²) in [5, 5.41) is 10.3. The normalized spacial score (nSPS) is 11.5. The molecule has 2 N–H and O–H groups in total. The molecular weight excluding hydrogens is 346 g/mol. The van der Waals surface area contributed by atoms with E-state index >= 15 is 0 Å². The topological polar surface area (TPSA) is 93.8 Å². The van der Waals surface area contributed by atoms with Gasteiger partial charge in [0.2, 0.25) is 5.89 Å². The van der Waals surface area contributed by atoms with Crippen LogP contribution in [0.25, 0.3) is 0 Å². The maximum absolute atomic E-state index is 5.87. The van der Waals surface area contributed by atoms with Gasteiger partial charge in [0.15, 0.2) is 11.8 Å². The van der Waals surface area contributed by atoms with Crippen molar-refractivity contribution in [3.05, 3.63) is 41.0 Å². The molecule has 1 aromatic heterocycles. The van der Waals surface area contributed by atoms with E-state index in [1.807, 2.05) is 19.9 Å². The van der Waals surface area contributed by atoms with E-state index in [4.69, 9.17) is 14.0 Å². The zero-order chi connectivity index (χ0) is 19.5. The van der Waals surface area contributed by atoms with E-state index in [9.17, 15) is 0 Å². The molecule has 0 amide bonds. The minimum atomic E-state index is 0.529. The Morgan fingerprint density at radius 2 is 2.07 bits per heavy atom. The predicted molar refractivity (Wildman–Crippen MR) is 104 cm³/mol. The standard InChI is InChI=1S/C19H29N5O3/c1-5-25-10-11-26-17-12-14(2)6-7-16(17)13-22-19(20-4)21-9-8-18-23-15(3)24-27-18/h6-7,12H,5,8-11,13H2,1-4H3,(H2,20,21,22). The first-order valence-electron chi connectivity index (χ1n) is 9.16. The van der Waals surface area contributed by atoms with Gasteiger partial charge >= 0.3 is 0 Å². The van der Waals surface area contributed by atoms with Gasteiger partial charge < -0.3 is 24.6 Å². The van der Waals surface area contributed by atoms with E-state index in [1.165, 1.54) is 0 Å². The summed E-state index contributed by atoms with van der Waals surface area (Å²) >= 11 is 0. The highest BCUT2D eigenvalue weighted by molar-refractivity contribution is 5.79. The molecule has 0 saturated carbocycles. The van der Waals surface area contributed by atoms with Gasteiger partial charge in [0, 0.05) is 38.7 Å². The van der Waals surface area contributed by atoms with Crippen molar-refractivity contribution in [2.45, 2.75) is 33.7 Å². The van der Waals surface area contributed by atoms with Gasteiger partial charge in [0.25, 0.3) is 0 Å². The van der Waals surface area contributed by atoms with Crippen LogP contribution in [0.3, 0.4) is 0 Å². The van der Waals surface area contributed by atoms with Crippen molar-refractivity contribution in [3.8, 4) is 5.75 Å². The lowest BCUT2D eigenvalue weighted by molar-refractivity contribution is 0.110. The highest BCUT2D eigenvalue weighted by Gasteiger charge is 2.07. The summed E-state index contributed by atoms with van der Waals surface area (Å²) < 4.78 is 16.3. The second-order valence-electron chi connectivity index (χ2n) is 5.99. The van der Waals surface area contributed by atoms with Gasteiger partial charge in [-0.05, 0) is 32.4 Å². The number of nitrogens with one attached hydrogen (secondary N) is 2. The van der Waals surface area contributed by atoms with Gasteiger partial charge in [-0.3, -0.25) is 4.99 Å². The van der Waals surface area contributed by atoms with Crippen molar-refractivity contribution in [3.63, 3.8) is 0 Å². The number of aromatic nitrogens is 2. The smallest absolute Gasteiger partial charge is 0.228 e. The minimum absolute atomic E-state index is 0.529. The van der Waals surface area contributed by atoms with Crippen LogP contribution in [-0.4, -0.2) is 49.5 Å². The number of guanidine groups is 1. The monoisotopic (exact) mass is 375 g/mol. The Hall–Kier alpha value is -2.61. The number of aryl methyl sites for hydroxylation is 2. The fourth-order valence-corrected chi connectivity index (χ4v) is 2.43. The van der Waals surface area contributed by atoms with Crippen LogP contribution in [0.15, 0.2) is 27.7 Å². The number of rotatable bonds is 10. The molecule has 148 valence electrons. The first kappa shape index (κ1) is 20.7. The molecular formula is C19H29N5O3. The number of ether oxygens (including phenoxy) is 2. The molecule has 0 spiro atoms. The summed E-state index contributed by atoms with van der Waals surface area (Å²) in [6.07, 6.45) is 0.637. The highest BCUT2D eigenvalue weighted by Crippen LogP contribution is 2.20. The Morgan fingerprint density at radius 3 is 2.78 bits per heavy atom. The molecule has 2 rings (SSSR count). The van der Waals surface area contributed by atoms with Crippen molar-refractivity contribution in [2.24, 2.45) is 4.99 Å². The Balaban J connectivity index is 1.83. The highest BCUT2D eigenvalue weighted by atomic mass is 16.5. The van der Waals surface area contributed by atoms with Crippen LogP contribution in [0.2, 0.25) is 0 Å². The van der Waals surface area contributed by atoms with Gasteiger partial charge in [-0.2, -0.15) is 4.98 Å². The van der Waals surface area contributed by atoms with Crippen LogP contribution in [0.1, 0.15) is 29.8 Å². The van der Waals surface area contributed by atoms with Crippen molar-refractivity contribution >= 4 is 5.96 Å². The number of hydrogen-bond acceptors (Lipinski definition) is 6. The van der Waals surface area contributed by atoms with Crippen molar-refractivity contribution < 1.29 is 14.0 Å². The average molecular weight is 375 g/mol. The summed E-state index contributed by atoms with van der Waals surface area (Å²) in [6, 6.07) is 6.17. The van der Waals surface area contributed by atoms with Crippen LogP contribution >= 0.6 is 0 Å². The van der Waals surface area contributed by atoms with Gasteiger partial charge in [-0.25, -0.2) is 0 Å². The van der Waals surface area contributed by atoms with Crippen molar-refractivity contribution in [1.29, 1.82) is 0 Å². The fraction of sp³-hybridized carbons (Fsp3) is 0.526. The SMILES string of the molecule is CCOCCOc1cc(C)ccc1CNC(=NC)NCCc1nc(C)no1. The summed E-state index contributed by atoms with van der Waals surface area (Å²) in [6.45, 7) is 8.87. The third kappa shape index (κ3) is 7.26. The number of nitrogens with zero attached hydrogens (tertiary/aromatic N) is 3. The average Bonchev–Trinajstić information content (AvgIpc) is 3.08. The van der Waals surface area contributed by atoms with E-state index in [2.05, 4.69) is 37.9 Å². The lowest BCUT2D eigenvalue weighted by atomic mass is 10.1. The third-order valence-electron chi connectivity index (χ3n) is 3.78. The van der Waals surface area contributed by atoms with E-state index in [0.717, 1.165) is 16.9 Å². The molecule has 0 fully saturated rings. The molecule has 27 heavy (non-hydrogen) atoms. The Morgan fingerprint density at radius 1 is 1.22 bits per heavy atom. The second kappa shape index (κ2) is 11.2. The van der Waals surface area contributed by atoms with Gasteiger partial charge in [-0.15, -0.1) is 0 Å². The van der Waals surface area contributed by atoms with Gasteiger partial charge in [-0.1, -0.05) is 17.3 Å². The van der Waals surface area contributed by atoms with Crippen LogP contribution < -0.4 is 15.4 Å². The lowest BCUT2D eigenvalue weighted by Gasteiger charge is -2.15. The second-order valence-corrected chi connectivity index (χ2v) is 5.99. The molecule has 0 aliphatic rings. The Labute approximate surface area is 160 Å². The molecule has 0 bridgehead atoms. The summed E-state index contributed by atoms with van der Waals surface area (Å²) in [4.78, 5) is 8.42. The van der Waals surface area contributed by atoms with E-state index in [-0.39, 0.29) is 0 Å². The largest absolute Gasteiger partial charge is 0.491 e. The minimum Gasteiger partial charge on any atom is -0.491 e. The van der Waals surface area contributed by atoms with Gasteiger partial charge in [0.1, 0.15) is 12.4 Å². The van der Waals surface area contributed by atoms with E-state index in [0.29, 0.717) is 57.0 Å².